The summed E-state index contributed by atoms with van der Waals surface area (Å²) in [4.78, 5) is 27.1. The number of nitrogens with zero attached hydrogens (tertiary/aromatic N) is 2. The fraction of sp³-hybridized carbons (Fsp3) is 0.250. The molecule has 0 aliphatic carbocycles. The first-order valence-electron chi connectivity index (χ1n) is 8.60. The molecule has 0 aliphatic heterocycles. The van der Waals surface area contributed by atoms with Crippen molar-refractivity contribution in [3.05, 3.63) is 64.7 Å². The highest BCUT2D eigenvalue weighted by atomic mass is 32.1. The highest BCUT2D eigenvalue weighted by Gasteiger charge is 2.15. The summed E-state index contributed by atoms with van der Waals surface area (Å²) < 4.78 is 5.22. The summed E-state index contributed by atoms with van der Waals surface area (Å²) in [6.07, 6.45) is 0. The number of carbonyl (C=O) groups excluding carboxylic acids is 2. The topological polar surface area (TPSA) is 75.4 Å². The summed E-state index contributed by atoms with van der Waals surface area (Å²) in [5.41, 5.74) is 1.76. The number of hydrogen-bond donors (Lipinski definition) is 1. The van der Waals surface area contributed by atoms with Crippen molar-refractivity contribution in [1.29, 1.82) is 0 Å². The Kier molecular flexibility index (Phi) is 5.71. The number of benzene rings is 1. The van der Waals surface area contributed by atoms with Crippen molar-refractivity contribution in [2.45, 2.75) is 26.4 Å². The third kappa shape index (κ3) is 4.43. The monoisotopic (exact) mass is 383 g/mol. The highest BCUT2D eigenvalue weighted by molar-refractivity contribution is 7.13. The molecule has 7 heteroatoms. The quantitative estimate of drug-likeness (QED) is 0.702. The molecule has 0 saturated heterocycles. The van der Waals surface area contributed by atoms with Crippen molar-refractivity contribution in [3.63, 3.8) is 0 Å². The van der Waals surface area contributed by atoms with E-state index in [1.807, 2.05) is 43.5 Å². The second kappa shape index (κ2) is 8.18. The highest BCUT2D eigenvalue weighted by Crippen LogP contribution is 2.25. The van der Waals surface area contributed by atoms with Gasteiger partial charge in [0, 0.05) is 31.3 Å². The number of amides is 2. The van der Waals surface area contributed by atoms with E-state index in [4.69, 9.17) is 4.52 Å². The number of hydrogen-bond acceptors (Lipinski definition) is 5. The molecule has 0 bridgehead atoms. The van der Waals surface area contributed by atoms with Crippen LogP contribution in [0.3, 0.4) is 0 Å². The average molecular weight is 383 g/mol. The lowest BCUT2D eigenvalue weighted by Gasteiger charge is -2.21. The molecule has 1 aromatic carbocycles. The maximum atomic E-state index is 12.3. The fourth-order valence-electron chi connectivity index (χ4n) is 2.39. The van der Waals surface area contributed by atoms with E-state index in [0.29, 0.717) is 17.9 Å². The Balaban J connectivity index is 1.58. The largest absolute Gasteiger partial charge is 0.355 e. The van der Waals surface area contributed by atoms with Crippen molar-refractivity contribution in [3.8, 4) is 10.6 Å². The van der Waals surface area contributed by atoms with Crippen molar-refractivity contribution in [1.82, 2.24) is 15.4 Å². The normalized spacial score (nSPS) is 10.8. The standard InChI is InChI=1S/C20H21N3O3S/c1-13(2)23(3)20(25)15-8-6-14(7-9-15)12-21-19(24)16-11-17(26-22-16)18-5-4-10-27-18/h4-11,13H,12H2,1-3H3,(H,21,24). The summed E-state index contributed by atoms with van der Waals surface area (Å²) in [7, 11) is 1.78. The Hall–Kier alpha value is -2.93. The van der Waals surface area contributed by atoms with Gasteiger partial charge in [0.15, 0.2) is 11.5 Å². The maximum absolute atomic E-state index is 12.3. The summed E-state index contributed by atoms with van der Waals surface area (Å²) in [5, 5.41) is 8.57. The molecule has 27 heavy (non-hydrogen) atoms. The number of aromatic nitrogens is 1. The first-order chi connectivity index (χ1) is 13.0. The van der Waals surface area contributed by atoms with Crippen LogP contribution in [0.5, 0.6) is 0 Å². The second-order valence-electron chi connectivity index (χ2n) is 6.44. The molecule has 0 unspecified atom stereocenters. The van der Waals surface area contributed by atoms with Crippen molar-refractivity contribution in [2.75, 3.05) is 7.05 Å². The number of thiophene rings is 1. The summed E-state index contributed by atoms with van der Waals surface area (Å²) in [6.45, 7) is 4.28. The first-order valence-corrected chi connectivity index (χ1v) is 9.48. The lowest BCUT2D eigenvalue weighted by atomic mass is 10.1. The summed E-state index contributed by atoms with van der Waals surface area (Å²) in [6, 6.07) is 12.8. The molecule has 0 atom stereocenters. The van der Waals surface area contributed by atoms with Crippen molar-refractivity contribution in [2.24, 2.45) is 0 Å². The van der Waals surface area contributed by atoms with Gasteiger partial charge in [-0.05, 0) is 43.0 Å². The van der Waals surface area contributed by atoms with Crippen molar-refractivity contribution >= 4 is 23.2 Å². The van der Waals surface area contributed by atoms with Gasteiger partial charge in [-0.2, -0.15) is 0 Å². The van der Waals surface area contributed by atoms with Gasteiger partial charge in [-0.25, -0.2) is 0 Å². The van der Waals surface area contributed by atoms with E-state index in [0.717, 1.165) is 10.4 Å². The average Bonchev–Trinajstić information content (AvgIpc) is 3.36. The third-order valence-corrected chi connectivity index (χ3v) is 5.14. The van der Waals surface area contributed by atoms with Crippen LogP contribution in [0.25, 0.3) is 10.6 Å². The summed E-state index contributed by atoms with van der Waals surface area (Å²) in [5.74, 6) is 0.248. The van der Waals surface area contributed by atoms with E-state index >= 15 is 0 Å². The van der Waals surface area contributed by atoms with E-state index in [9.17, 15) is 9.59 Å². The van der Waals surface area contributed by atoms with Gasteiger partial charge in [-0.1, -0.05) is 23.4 Å². The molecular formula is C20H21N3O3S. The van der Waals surface area contributed by atoms with Crippen molar-refractivity contribution < 1.29 is 14.1 Å². The Bertz CT molecular complexity index is 914. The van der Waals surface area contributed by atoms with Gasteiger partial charge in [0.2, 0.25) is 0 Å². The van der Waals surface area contributed by atoms with Crippen LogP contribution < -0.4 is 5.32 Å². The Morgan fingerprint density at radius 3 is 2.59 bits per heavy atom. The molecule has 0 fully saturated rings. The van der Waals surface area contributed by atoms with E-state index in [-0.39, 0.29) is 23.6 Å². The van der Waals surface area contributed by atoms with Gasteiger partial charge in [-0.3, -0.25) is 9.59 Å². The Labute approximate surface area is 161 Å². The minimum atomic E-state index is -0.304. The Morgan fingerprint density at radius 1 is 1.22 bits per heavy atom. The van der Waals surface area contributed by atoms with Crippen LogP contribution >= 0.6 is 11.3 Å². The molecule has 0 aliphatic rings. The van der Waals surface area contributed by atoms with E-state index in [1.54, 1.807) is 30.1 Å². The lowest BCUT2D eigenvalue weighted by molar-refractivity contribution is 0.0754. The fourth-order valence-corrected chi connectivity index (χ4v) is 3.07. The number of nitrogens with one attached hydrogen (secondary N) is 1. The molecule has 3 rings (SSSR count). The van der Waals surface area contributed by atoms with E-state index in [2.05, 4.69) is 10.5 Å². The van der Waals surface area contributed by atoms with Crippen LogP contribution in [0.1, 0.15) is 40.3 Å². The molecule has 0 spiro atoms. The minimum Gasteiger partial charge on any atom is -0.355 e. The van der Waals surface area contributed by atoms with Gasteiger partial charge >= 0.3 is 0 Å². The maximum Gasteiger partial charge on any atom is 0.273 e. The minimum absolute atomic E-state index is 0.0238. The van der Waals surface area contributed by atoms with Gasteiger partial charge in [-0.15, -0.1) is 11.3 Å². The first kappa shape index (κ1) is 18.8. The lowest BCUT2D eigenvalue weighted by Crippen LogP contribution is -2.32. The van der Waals surface area contributed by atoms with Gasteiger partial charge < -0.3 is 14.7 Å². The predicted octanol–water partition coefficient (Wildman–Crippen LogP) is 3.81. The molecule has 1 N–H and O–H groups in total. The molecule has 2 aromatic heterocycles. The molecule has 2 heterocycles. The van der Waals surface area contributed by atoms with Crippen LogP contribution in [-0.2, 0) is 6.54 Å². The van der Waals surface area contributed by atoms with Crippen LogP contribution in [0.4, 0.5) is 0 Å². The van der Waals surface area contributed by atoms with E-state index < -0.39 is 0 Å². The molecule has 6 nitrogen and oxygen atoms in total. The van der Waals surface area contributed by atoms with Crippen LogP contribution in [-0.4, -0.2) is 35.0 Å². The Morgan fingerprint density at radius 2 is 1.96 bits per heavy atom. The van der Waals surface area contributed by atoms with Gasteiger partial charge in [0.25, 0.3) is 11.8 Å². The zero-order valence-corrected chi connectivity index (χ0v) is 16.2. The van der Waals surface area contributed by atoms with Gasteiger partial charge in [0.05, 0.1) is 4.88 Å². The van der Waals surface area contributed by atoms with Crippen LogP contribution in [0.2, 0.25) is 0 Å². The zero-order chi connectivity index (χ0) is 19.4. The number of carbonyl (C=O) groups is 2. The smallest absolute Gasteiger partial charge is 0.273 e. The van der Waals surface area contributed by atoms with Gasteiger partial charge in [0.1, 0.15) is 0 Å². The number of rotatable bonds is 6. The summed E-state index contributed by atoms with van der Waals surface area (Å²) >= 11 is 1.52. The molecule has 3 aromatic rings. The van der Waals surface area contributed by atoms with E-state index in [1.165, 1.54) is 11.3 Å². The third-order valence-electron chi connectivity index (χ3n) is 4.26. The zero-order valence-electron chi connectivity index (χ0n) is 15.4. The second-order valence-corrected chi connectivity index (χ2v) is 7.39. The predicted molar refractivity (Wildman–Crippen MR) is 105 cm³/mol. The van der Waals surface area contributed by atoms with Crippen LogP contribution in [0, 0.1) is 0 Å². The molecule has 140 valence electrons. The SMILES string of the molecule is CC(C)N(C)C(=O)c1ccc(CNC(=O)c2cc(-c3cccs3)on2)cc1. The molecule has 0 radical (unpaired) electrons. The molecular weight excluding hydrogens is 362 g/mol. The molecule has 0 saturated carbocycles. The van der Waals surface area contributed by atoms with Crippen LogP contribution in [0.15, 0.2) is 52.4 Å². The molecule has 2 amide bonds.